The van der Waals surface area contributed by atoms with Crippen LogP contribution in [-0.2, 0) is 9.53 Å². The summed E-state index contributed by atoms with van der Waals surface area (Å²) in [7, 11) is 0. The molecule has 2 rings (SSSR count). The van der Waals surface area contributed by atoms with E-state index < -0.39 is 0 Å². The van der Waals surface area contributed by atoms with Gasteiger partial charge in [0.1, 0.15) is 10.8 Å². The Morgan fingerprint density at radius 1 is 1.24 bits per heavy atom. The normalized spacial score (nSPS) is 11.2. The average Bonchev–Trinajstić information content (AvgIpc) is 2.92. The Labute approximate surface area is 152 Å². The number of esters is 1. The minimum Gasteiger partial charge on any atom is -0.462 e. The molecule has 0 bridgehead atoms. The van der Waals surface area contributed by atoms with Crippen molar-refractivity contribution >= 4 is 34.3 Å². The molecule has 0 N–H and O–H groups in total. The van der Waals surface area contributed by atoms with Crippen LogP contribution >= 0.6 is 11.3 Å². The fourth-order valence-corrected chi connectivity index (χ4v) is 3.52. The highest BCUT2D eigenvalue weighted by Gasteiger charge is 2.22. The maximum atomic E-state index is 12.4. The zero-order valence-electron chi connectivity index (χ0n) is 15.0. The maximum Gasteiger partial charge on any atom is 0.341 e. The number of rotatable bonds is 7. The largest absolute Gasteiger partial charge is 0.462 e. The molecule has 4 nitrogen and oxygen atoms in total. The Morgan fingerprint density at radius 3 is 2.52 bits per heavy atom. The van der Waals surface area contributed by atoms with Crippen LogP contribution in [0.3, 0.4) is 0 Å². The zero-order valence-corrected chi connectivity index (χ0v) is 15.9. The number of benzene rings is 1. The zero-order chi connectivity index (χ0) is 18.4. The lowest BCUT2D eigenvalue weighted by Crippen LogP contribution is -2.07. The molecule has 0 spiro atoms. The first-order chi connectivity index (χ1) is 12.0. The number of carbonyl (C=O) groups is 2. The van der Waals surface area contributed by atoms with Gasteiger partial charge in [0, 0.05) is 23.4 Å². The van der Waals surface area contributed by atoms with E-state index in [2.05, 4.69) is 4.99 Å². The fraction of sp³-hybridized carbons (Fsp3) is 0.350. The number of aliphatic imine (C=N–C) groups is 1. The van der Waals surface area contributed by atoms with E-state index in [1.165, 1.54) is 11.3 Å². The quantitative estimate of drug-likeness (QED) is 0.504. The third kappa shape index (κ3) is 4.63. The second-order valence-electron chi connectivity index (χ2n) is 5.96. The number of thiophene rings is 1. The number of hydrogen-bond donors (Lipinski definition) is 0. The molecular formula is C20H23NO3S. The van der Waals surface area contributed by atoms with Crippen LogP contribution in [0.4, 0.5) is 5.00 Å². The van der Waals surface area contributed by atoms with Gasteiger partial charge in [-0.15, -0.1) is 11.3 Å². The van der Waals surface area contributed by atoms with Crippen LogP contribution in [0.15, 0.2) is 35.3 Å². The predicted molar refractivity (Wildman–Crippen MR) is 103 cm³/mol. The smallest absolute Gasteiger partial charge is 0.341 e. The lowest BCUT2D eigenvalue weighted by atomic mass is 10.1. The minimum absolute atomic E-state index is 0.0269. The summed E-state index contributed by atoms with van der Waals surface area (Å²) in [5.74, 6) is -0.278. The molecule has 5 heteroatoms. The van der Waals surface area contributed by atoms with Gasteiger partial charge in [-0.05, 0) is 25.0 Å². The highest BCUT2D eigenvalue weighted by molar-refractivity contribution is 7.19. The van der Waals surface area contributed by atoms with E-state index in [4.69, 9.17) is 4.74 Å². The Bertz CT molecular complexity index is 776. The van der Waals surface area contributed by atoms with Gasteiger partial charge in [-0.25, -0.2) is 9.79 Å². The highest BCUT2D eigenvalue weighted by atomic mass is 32.1. The molecule has 0 saturated heterocycles. The summed E-state index contributed by atoms with van der Waals surface area (Å²) in [6, 6.07) is 9.88. The summed E-state index contributed by atoms with van der Waals surface area (Å²) < 4.78 is 5.19. The molecule has 0 unspecified atom stereocenters. The van der Waals surface area contributed by atoms with Crippen molar-refractivity contribution in [2.24, 2.45) is 10.9 Å². The summed E-state index contributed by atoms with van der Waals surface area (Å²) >= 11 is 1.44. The van der Waals surface area contributed by atoms with Gasteiger partial charge >= 0.3 is 5.97 Å². The summed E-state index contributed by atoms with van der Waals surface area (Å²) in [6.45, 7) is 7.72. The number of hydrogen-bond acceptors (Lipinski definition) is 5. The Balaban J connectivity index is 2.41. The van der Waals surface area contributed by atoms with Gasteiger partial charge in [0.2, 0.25) is 0 Å². The highest BCUT2D eigenvalue weighted by Crippen LogP contribution is 2.41. The van der Waals surface area contributed by atoms with Crippen molar-refractivity contribution in [3.63, 3.8) is 0 Å². The summed E-state index contributed by atoms with van der Waals surface area (Å²) in [5, 5.41) is 0.589. The Morgan fingerprint density at radius 2 is 1.92 bits per heavy atom. The standard InChI is InChI=1S/C20H23NO3S/c1-5-24-20(23)17-14(4)18(15-9-7-6-8-10-15)25-19(17)21-12-11-16(22)13(2)3/h6-10,12-13H,5,11H2,1-4H3. The summed E-state index contributed by atoms with van der Waals surface area (Å²) in [5.41, 5.74) is 2.38. The molecule has 0 saturated carbocycles. The van der Waals surface area contributed by atoms with E-state index >= 15 is 0 Å². The van der Waals surface area contributed by atoms with E-state index in [0.29, 0.717) is 17.2 Å². The van der Waals surface area contributed by atoms with Crippen molar-refractivity contribution in [1.82, 2.24) is 0 Å². The Kier molecular flexibility index (Phi) is 6.65. The SMILES string of the molecule is CCOC(=O)c1c(N=CCC(=O)C(C)C)sc(-c2ccccc2)c1C. The van der Waals surface area contributed by atoms with Crippen LogP contribution < -0.4 is 0 Å². The van der Waals surface area contributed by atoms with Crippen LogP contribution in [-0.4, -0.2) is 24.6 Å². The molecule has 0 aliphatic rings. The lowest BCUT2D eigenvalue weighted by molar-refractivity contribution is -0.120. The van der Waals surface area contributed by atoms with Crippen molar-refractivity contribution in [3.05, 3.63) is 41.5 Å². The molecule has 2 aromatic rings. The minimum atomic E-state index is -0.374. The van der Waals surface area contributed by atoms with Crippen molar-refractivity contribution < 1.29 is 14.3 Å². The molecule has 0 aliphatic heterocycles. The maximum absolute atomic E-state index is 12.4. The molecule has 0 radical (unpaired) electrons. The third-order valence-corrected chi connectivity index (χ3v) is 5.04. The lowest BCUT2D eigenvalue weighted by Gasteiger charge is -2.03. The van der Waals surface area contributed by atoms with E-state index in [-0.39, 0.29) is 24.1 Å². The molecule has 1 heterocycles. The van der Waals surface area contributed by atoms with E-state index in [1.54, 1.807) is 13.1 Å². The van der Waals surface area contributed by atoms with Gasteiger partial charge in [-0.1, -0.05) is 44.2 Å². The predicted octanol–water partition coefficient (Wildman–Crippen LogP) is 5.22. The van der Waals surface area contributed by atoms with Crippen LogP contribution in [0.2, 0.25) is 0 Å². The molecule has 1 aromatic carbocycles. The monoisotopic (exact) mass is 357 g/mol. The second kappa shape index (κ2) is 8.72. The van der Waals surface area contributed by atoms with Crippen LogP contribution in [0.25, 0.3) is 10.4 Å². The first-order valence-electron chi connectivity index (χ1n) is 8.36. The number of carbonyl (C=O) groups excluding carboxylic acids is 2. The molecule has 0 amide bonds. The molecular weight excluding hydrogens is 334 g/mol. The van der Waals surface area contributed by atoms with Crippen molar-refractivity contribution in [1.29, 1.82) is 0 Å². The number of nitrogens with zero attached hydrogens (tertiary/aromatic N) is 1. The van der Waals surface area contributed by atoms with Crippen LogP contribution in [0, 0.1) is 12.8 Å². The first kappa shape index (κ1) is 19.1. The topological polar surface area (TPSA) is 55.7 Å². The van der Waals surface area contributed by atoms with E-state index in [1.807, 2.05) is 51.1 Å². The molecule has 0 fully saturated rings. The number of ketones is 1. The number of ether oxygens (including phenoxy) is 1. The van der Waals surface area contributed by atoms with E-state index in [9.17, 15) is 9.59 Å². The second-order valence-corrected chi connectivity index (χ2v) is 6.96. The first-order valence-corrected chi connectivity index (χ1v) is 9.18. The fourth-order valence-electron chi connectivity index (χ4n) is 2.35. The summed E-state index contributed by atoms with van der Waals surface area (Å²) in [4.78, 5) is 29.6. The van der Waals surface area contributed by atoms with Gasteiger partial charge in [-0.3, -0.25) is 4.79 Å². The van der Waals surface area contributed by atoms with Gasteiger partial charge in [0.25, 0.3) is 0 Å². The third-order valence-electron chi connectivity index (χ3n) is 3.79. The van der Waals surface area contributed by atoms with Crippen LogP contribution in [0.5, 0.6) is 0 Å². The van der Waals surface area contributed by atoms with Gasteiger partial charge in [0.15, 0.2) is 0 Å². The summed E-state index contributed by atoms with van der Waals surface area (Å²) in [6.07, 6.45) is 1.85. The average molecular weight is 357 g/mol. The van der Waals surface area contributed by atoms with Crippen LogP contribution in [0.1, 0.15) is 43.1 Å². The van der Waals surface area contributed by atoms with Crippen molar-refractivity contribution in [2.45, 2.75) is 34.1 Å². The van der Waals surface area contributed by atoms with Crippen molar-refractivity contribution in [2.75, 3.05) is 6.61 Å². The van der Waals surface area contributed by atoms with Gasteiger partial charge in [-0.2, -0.15) is 0 Å². The molecule has 0 aliphatic carbocycles. The molecule has 132 valence electrons. The molecule has 25 heavy (non-hydrogen) atoms. The Hall–Kier alpha value is -2.27. The van der Waals surface area contributed by atoms with Crippen molar-refractivity contribution in [3.8, 4) is 10.4 Å². The van der Waals surface area contributed by atoms with Gasteiger partial charge < -0.3 is 4.74 Å². The number of Topliss-reactive ketones (excluding diaryl/α,β-unsaturated/α-hetero) is 1. The molecule has 1 aromatic heterocycles. The molecule has 0 atom stereocenters. The van der Waals surface area contributed by atoms with E-state index in [0.717, 1.165) is 16.0 Å². The van der Waals surface area contributed by atoms with Gasteiger partial charge in [0.05, 0.1) is 12.2 Å².